The average Bonchev–Trinajstić information content (AvgIpc) is 3.22. The predicted molar refractivity (Wildman–Crippen MR) is 112 cm³/mol. The Balaban J connectivity index is 1.86. The third-order valence-electron chi connectivity index (χ3n) is 5.56. The van der Waals surface area contributed by atoms with Crippen LogP contribution in [0.1, 0.15) is 48.5 Å². The van der Waals surface area contributed by atoms with E-state index in [0.717, 1.165) is 24.1 Å². The van der Waals surface area contributed by atoms with Crippen LogP contribution < -0.4 is 19.8 Å². The number of hydrogen-bond acceptors (Lipinski definition) is 6. The molecule has 1 fully saturated rings. The number of hydrogen-bond donors (Lipinski definition) is 1. The Hall–Kier alpha value is -3.03. The number of ether oxygens (including phenoxy) is 3. The number of methoxy groups -OCH3 is 3. The molecule has 1 aliphatic rings. The lowest BCUT2D eigenvalue weighted by Crippen LogP contribution is -2.34. The largest absolute Gasteiger partial charge is 0.493 e. The van der Waals surface area contributed by atoms with Gasteiger partial charge in [0.15, 0.2) is 11.5 Å². The molecule has 1 unspecified atom stereocenters. The molecule has 1 aliphatic heterocycles. The molecular weight excluding hydrogens is 386 g/mol. The van der Waals surface area contributed by atoms with E-state index in [0.29, 0.717) is 41.6 Å². The van der Waals surface area contributed by atoms with Gasteiger partial charge in [-0.2, -0.15) is 0 Å². The fourth-order valence-electron chi connectivity index (χ4n) is 4.07. The van der Waals surface area contributed by atoms with Crippen molar-refractivity contribution in [2.24, 2.45) is 0 Å². The molecule has 0 saturated carbocycles. The Morgan fingerprint density at radius 3 is 2.40 bits per heavy atom. The first-order valence-electron chi connectivity index (χ1n) is 10.1. The summed E-state index contributed by atoms with van der Waals surface area (Å²) in [7, 11) is 4.63. The van der Waals surface area contributed by atoms with Gasteiger partial charge in [-0.25, -0.2) is 4.98 Å². The van der Waals surface area contributed by atoms with Gasteiger partial charge in [0.2, 0.25) is 11.7 Å². The van der Waals surface area contributed by atoms with Gasteiger partial charge in [-0.15, -0.1) is 0 Å². The Labute approximate surface area is 176 Å². The van der Waals surface area contributed by atoms with Crippen molar-refractivity contribution in [3.63, 3.8) is 0 Å². The number of nitrogens with zero attached hydrogens (tertiary/aromatic N) is 2. The van der Waals surface area contributed by atoms with Crippen LogP contribution in [-0.2, 0) is 17.6 Å². The molecule has 1 saturated heterocycles. The number of rotatable bonds is 7. The monoisotopic (exact) mass is 415 g/mol. The lowest BCUT2D eigenvalue weighted by atomic mass is 10.1. The lowest BCUT2D eigenvalue weighted by molar-refractivity contribution is -0.131. The number of aromatic nitrogens is 2. The molecular formula is C22H29N3O5. The number of nitrogens with one attached hydrogen (secondary N) is 1. The number of aromatic amines is 1. The van der Waals surface area contributed by atoms with Crippen LogP contribution in [0, 0.1) is 6.92 Å². The van der Waals surface area contributed by atoms with Gasteiger partial charge in [-0.05, 0) is 43.9 Å². The Morgan fingerprint density at radius 1 is 1.20 bits per heavy atom. The number of benzene rings is 1. The third-order valence-corrected chi connectivity index (χ3v) is 5.56. The summed E-state index contributed by atoms with van der Waals surface area (Å²) in [6, 6.07) is 3.34. The van der Waals surface area contributed by atoms with Gasteiger partial charge in [0.1, 0.15) is 5.82 Å². The first-order valence-corrected chi connectivity index (χ1v) is 10.1. The molecule has 2 heterocycles. The van der Waals surface area contributed by atoms with Crippen LogP contribution in [0.2, 0.25) is 0 Å². The van der Waals surface area contributed by atoms with Gasteiger partial charge in [-0.3, -0.25) is 9.59 Å². The number of aryl methyl sites for hydroxylation is 1. The topological polar surface area (TPSA) is 93.8 Å². The summed E-state index contributed by atoms with van der Waals surface area (Å²) >= 11 is 0. The zero-order chi connectivity index (χ0) is 21.8. The molecule has 0 spiro atoms. The number of H-pyrrole nitrogens is 1. The first-order chi connectivity index (χ1) is 14.4. The van der Waals surface area contributed by atoms with E-state index >= 15 is 0 Å². The van der Waals surface area contributed by atoms with Crippen LogP contribution in [-0.4, -0.2) is 48.6 Å². The van der Waals surface area contributed by atoms with Gasteiger partial charge in [0.25, 0.3) is 5.56 Å². The quantitative estimate of drug-likeness (QED) is 0.747. The molecule has 1 aromatic carbocycles. The SMILES string of the molecule is CCc1c(C)nc(C2CCCN2C(=O)Cc2cc(OC)c(OC)c(OC)c2)[nH]c1=O. The Kier molecular flexibility index (Phi) is 6.64. The molecule has 1 N–H and O–H groups in total. The molecule has 1 atom stereocenters. The van der Waals surface area contributed by atoms with Crippen molar-refractivity contribution < 1.29 is 19.0 Å². The zero-order valence-corrected chi connectivity index (χ0v) is 18.2. The van der Waals surface area contributed by atoms with Crippen LogP contribution in [0.4, 0.5) is 0 Å². The van der Waals surface area contributed by atoms with Crippen LogP contribution in [0.25, 0.3) is 0 Å². The number of likely N-dealkylation sites (tertiary alicyclic amines) is 1. The summed E-state index contributed by atoms with van der Waals surface area (Å²) in [6.45, 7) is 4.41. The van der Waals surface area contributed by atoms with E-state index in [9.17, 15) is 9.59 Å². The van der Waals surface area contributed by atoms with Crippen molar-refractivity contribution in [3.05, 3.63) is 45.1 Å². The van der Waals surface area contributed by atoms with Crippen LogP contribution in [0.3, 0.4) is 0 Å². The minimum Gasteiger partial charge on any atom is -0.493 e. The molecule has 162 valence electrons. The van der Waals surface area contributed by atoms with Gasteiger partial charge >= 0.3 is 0 Å². The summed E-state index contributed by atoms with van der Waals surface area (Å²) in [4.78, 5) is 34.8. The predicted octanol–water partition coefficient (Wildman–Crippen LogP) is 2.57. The minimum absolute atomic E-state index is 0.0355. The second kappa shape index (κ2) is 9.19. The van der Waals surface area contributed by atoms with Crippen molar-refractivity contribution in [3.8, 4) is 17.2 Å². The third kappa shape index (κ3) is 4.13. The van der Waals surface area contributed by atoms with Crippen LogP contribution >= 0.6 is 0 Å². The highest BCUT2D eigenvalue weighted by Crippen LogP contribution is 2.39. The highest BCUT2D eigenvalue weighted by Gasteiger charge is 2.32. The van der Waals surface area contributed by atoms with Crippen molar-refractivity contribution in [1.29, 1.82) is 0 Å². The van der Waals surface area contributed by atoms with E-state index in [1.54, 1.807) is 38.4 Å². The summed E-state index contributed by atoms with van der Waals surface area (Å²) in [5.41, 5.74) is 2.05. The van der Waals surface area contributed by atoms with Crippen molar-refractivity contribution >= 4 is 5.91 Å². The number of carbonyl (C=O) groups is 1. The molecule has 8 nitrogen and oxygen atoms in total. The minimum atomic E-state index is -0.225. The zero-order valence-electron chi connectivity index (χ0n) is 18.2. The first kappa shape index (κ1) is 21.7. The Bertz CT molecular complexity index is 960. The van der Waals surface area contributed by atoms with E-state index in [4.69, 9.17) is 14.2 Å². The normalized spacial score (nSPS) is 15.9. The Morgan fingerprint density at radius 2 is 1.87 bits per heavy atom. The molecule has 0 radical (unpaired) electrons. The van der Waals surface area contributed by atoms with Crippen LogP contribution in [0.15, 0.2) is 16.9 Å². The maximum Gasteiger partial charge on any atom is 0.254 e. The molecule has 2 aromatic rings. The lowest BCUT2D eigenvalue weighted by Gasteiger charge is -2.25. The molecule has 30 heavy (non-hydrogen) atoms. The molecule has 3 rings (SSSR count). The number of carbonyl (C=O) groups excluding carboxylic acids is 1. The second-order valence-electron chi connectivity index (χ2n) is 7.32. The fraction of sp³-hybridized carbons (Fsp3) is 0.500. The maximum absolute atomic E-state index is 13.1. The average molecular weight is 415 g/mol. The summed E-state index contributed by atoms with van der Waals surface area (Å²) in [5, 5.41) is 0. The van der Waals surface area contributed by atoms with E-state index in [-0.39, 0.29) is 23.9 Å². The van der Waals surface area contributed by atoms with E-state index in [1.807, 2.05) is 13.8 Å². The van der Waals surface area contributed by atoms with Gasteiger partial charge in [0, 0.05) is 17.8 Å². The maximum atomic E-state index is 13.1. The van der Waals surface area contributed by atoms with Crippen LogP contribution in [0.5, 0.6) is 17.2 Å². The van der Waals surface area contributed by atoms with Gasteiger partial charge in [-0.1, -0.05) is 6.92 Å². The summed E-state index contributed by atoms with van der Waals surface area (Å²) in [6.07, 6.45) is 2.45. The summed E-state index contributed by atoms with van der Waals surface area (Å²) < 4.78 is 16.1. The van der Waals surface area contributed by atoms with E-state index in [1.165, 1.54) is 0 Å². The fourth-order valence-corrected chi connectivity index (χ4v) is 4.07. The van der Waals surface area contributed by atoms with Gasteiger partial charge in [0.05, 0.1) is 33.8 Å². The number of amides is 1. The van der Waals surface area contributed by atoms with Crippen molar-refractivity contribution in [2.45, 2.75) is 45.6 Å². The summed E-state index contributed by atoms with van der Waals surface area (Å²) in [5.74, 6) is 2.03. The standard InChI is InChI=1S/C22H29N3O5/c1-6-15-13(2)23-21(24-22(15)27)16-8-7-9-25(16)19(26)12-14-10-17(28-3)20(30-5)18(11-14)29-4/h10-11,16H,6-9,12H2,1-5H3,(H,23,24,27). The van der Waals surface area contributed by atoms with E-state index in [2.05, 4.69) is 9.97 Å². The molecule has 0 bridgehead atoms. The van der Waals surface area contributed by atoms with Crippen molar-refractivity contribution in [1.82, 2.24) is 14.9 Å². The molecule has 0 aliphatic carbocycles. The van der Waals surface area contributed by atoms with Gasteiger partial charge < -0.3 is 24.1 Å². The second-order valence-corrected chi connectivity index (χ2v) is 7.32. The van der Waals surface area contributed by atoms with E-state index < -0.39 is 0 Å². The molecule has 8 heteroatoms. The van der Waals surface area contributed by atoms with Crippen molar-refractivity contribution in [2.75, 3.05) is 27.9 Å². The highest BCUT2D eigenvalue weighted by atomic mass is 16.5. The highest BCUT2D eigenvalue weighted by molar-refractivity contribution is 5.80. The smallest absolute Gasteiger partial charge is 0.254 e. The molecule has 1 aromatic heterocycles. The molecule has 1 amide bonds.